The fourth-order valence-corrected chi connectivity index (χ4v) is 1.77. The summed E-state index contributed by atoms with van der Waals surface area (Å²) in [7, 11) is 0. The highest BCUT2D eigenvalue weighted by molar-refractivity contribution is 6.34. The van der Waals surface area contributed by atoms with Crippen LogP contribution in [0.5, 0.6) is 0 Å². The first-order valence-electron chi connectivity index (χ1n) is 5.36. The Morgan fingerprint density at radius 3 is 2.67 bits per heavy atom. The summed E-state index contributed by atoms with van der Waals surface area (Å²) < 4.78 is 0. The molecule has 7 heteroatoms. The summed E-state index contributed by atoms with van der Waals surface area (Å²) in [6.07, 6.45) is 0. The number of primary amides is 1. The van der Waals surface area contributed by atoms with Gasteiger partial charge < -0.3 is 16.4 Å². The molecule has 0 atom stereocenters. The zero-order valence-electron chi connectivity index (χ0n) is 9.48. The van der Waals surface area contributed by atoms with E-state index in [2.05, 4.69) is 20.8 Å². The lowest BCUT2D eigenvalue weighted by molar-refractivity contribution is 0.249. The van der Waals surface area contributed by atoms with Crippen LogP contribution in [0.25, 0.3) is 10.8 Å². The van der Waals surface area contributed by atoms with Gasteiger partial charge in [-0.25, -0.2) is 4.79 Å². The highest BCUT2D eigenvalue weighted by atomic mass is 35.5. The van der Waals surface area contributed by atoms with Crippen molar-refractivity contribution in [3.63, 3.8) is 0 Å². The first kappa shape index (κ1) is 12.4. The van der Waals surface area contributed by atoms with Crippen LogP contribution >= 0.6 is 11.6 Å². The molecule has 2 aromatic rings. The fraction of sp³-hybridized carbons (Fsp3) is 0.182. The van der Waals surface area contributed by atoms with Gasteiger partial charge in [0, 0.05) is 23.9 Å². The van der Waals surface area contributed by atoms with Gasteiger partial charge in [0.1, 0.15) is 0 Å². The lowest BCUT2D eigenvalue weighted by atomic mass is 10.2. The fourth-order valence-electron chi connectivity index (χ4n) is 1.57. The van der Waals surface area contributed by atoms with Crippen molar-refractivity contribution in [2.75, 3.05) is 18.4 Å². The molecule has 1 aromatic heterocycles. The van der Waals surface area contributed by atoms with Crippen molar-refractivity contribution in [2.24, 2.45) is 5.73 Å². The SMILES string of the molecule is NC(=O)NCCNc1nnc(Cl)c2ccccc12. The second kappa shape index (κ2) is 5.50. The minimum absolute atomic E-state index is 0.367. The number of anilines is 1. The minimum atomic E-state index is -0.552. The predicted octanol–water partition coefficient (Wildman–Crippen LogP) is 1.36. The summed E-state index contributed by atoms with van der Waals surface area (Å²) in [5.41, 5.74) is 4.96. The van der Waals surface area contributed by atoms with Crippen LogP contribution in [0.2, 0.25) is 5.15 Å². The first-order valence-corrected chi connectivity index (χ1v) is 5.74. The van der Waals surface area contributed by atoms with Gasteiger partial charge in [-0.1, -0.05) is 35.9 Å². The number of urea groups is 1. The number of rotatable bonds is 4. The number of hydrogen-bond acceptors (Lipinski definition) is 4. The Balaban J connectivity index is 2.14. The van der Waals surface area contributed by atoms with Crippen LogP contribution in [-0.4, -0.2) is 29.3 Å². The molecular formula is C11H12ClN5O. The smallest absolute Gasteiger partial charge is 0.312 e. The Morgan fingerprint density at radius 2 is 1.94 bits per heavy atom. The van der Waals surface area contributed by atoms with Crippen molar-refractivity contribution < 1.29 is 4.79 Å². The molecule has 1 heterocycles. The van der Waals surface area contributed by atoms with E-state index in [4.69, 9.17) is 17.3 Å². The van der Waals surface area contributed by atoms with Gasteiger partial charge in [0.15, 0.2) is 11.0 Å². The monoisotopic (exact) mass is 265 g/mol. The van der Waals surface area contributed by atoms with E-state index in [1.165, 1.54) is 0 Å². The number of aromatic nitrogens is 2. The van der Waals surface area contributed by atoms with Crippen LogP contribution in [0, 0.1) is 0 Å². The number of carbonyl (C=O) groups is 1. The van der Waals surface area contributed by atoms with E-state index in [0.29, 0.717) is 24.1 Å². The quantitative estimate of drug-likeness (QED) is 0.728. The molecule has 2 rings (SSSR count). The average Bonchev–Trinajstić information content (AvgIpc) is 2.37. The normalized spacial score (nSPS) is 10.3. The maximum Gasteiger partial charge on any atom is 0.312 e. The third-order valence-electron chi connectivity index (χ3n) is 2.36. The Hall–Kier alpha value is -2.08. The highest BCUT2D eigenvalue weighted by Crippen LogP contribution is 2.25. The van der Waals surface area contributed by atoms with Crippen molar-refractivity contribution in [1.29, 1.82) is 0 Å². The summed E-state index contributed by atoms with van der Waals surface area (Å²) >= 11 is 5.96. The first-order chi connectivity index (χ1) is 8.68. The van der Waals surface area contributed by atoms with Crippen molar-refractivity contribution >= 4 is 34.2 Å². The standard InChI is InChI=1S/C11H12ClN5O/c12-9-7-3-1-2-4-8(7)10(17-16-9)14-5-6-15-11(13)18/h1-4H,5-6H2,(H,14,17)(H3,13,15,18). The summed E-state index contributed by atoms with van der Waals surface area (Å²) in [5, 5.41) is 15.5. The second-order valence-electron chi connectivity index (χ2n) is 3.60. The Kier molecular flexibility index (Phi) is 3.78. The largest absolute Gasteiger partial charge is 0.366 e. The van der Waals surface area contributed by atoms with Crippen molar-refractivity contribution in [3.8, 4) is 0 Å². The number of halogens is 1. The predicted molar refractivity (Wildman–Crippen MR) is 70.6 cm³/mol. The molecule has 6 nitrogen and oxygen atoms in total. The summed E-state index contributed by atoms with van der Waals surface area (Å²) in [6.45, 7) is 0.914. The zero-order valence-corrected chi connectivity index (χ0v) is 10.2. The Bertz CT molecular complexity index is 574. The molecule has 94 valence electrons. The van der Waals surface area contributed by atoms with Crippen LogP contribution in [0.15, 0.2) is 24.3 Å². The lowest BCUT2D eigenvalue weighted by Crippen LogP contribution is -2.33. The molecule has 0 unspecified atom stereocenters. The van der Waals surface area contributed by atoms with Crippen molar-refractivity contribution in [2.45, 2.75) is 0 Å². The van der Waals surface area contributed by atoms with Crippen LogP contribution in [-0.2, 0) is 0 Å². The molecule has 0 saturated heterocycles. The van der Waals surface area contributed by atoms with Gasteiger partial charge >= 0.3 is 6.03 Å². The molecule has 0 spiro atoms. The van der Waals surface area contributed by atoms with E-state index >= 15 is 0 Å². The summed E-state index contributed by atoms with van der Waals surface area (Å²) in [4.78, 5) is 10.5. The van der Waals surface area contributed by atoms with Gasteiger partial charge in [-0.05, 0) is 0 Å². The lowest BCUT2D eigenvalue weighted by Gasteiger charge is -2.08. The van der Waals surface area contributed by atoms with Gasteiger partial charge in [0.25, 0.3) is 0 Å². The highest BCUT2D eigenvalue weighted by Gasteiger charge is 2.06. The van der Waals surface area contributed by atoms with Crippen molar-refractivity contribution in [1.82, 2.24) is 15.5 Å². The second-order valence-corrected chi connectivity index (χ2v) is 3.96. The number of carbonyl (C=O) groups excluding carboxylic acids is 1. The zero-order chi connectivity index (χ0) is 13.0. The van der Waals surface area contributed by atoms with Gasteiger partial charge in [-0.2, -0.15) is 0 Å². The number of nitrogens with two attached hydrogens (primary N) is 1. The van der Waals surface area contributed by atoms with Crippen LogP contribution in [0.3, 0.4) is 0 Å². The van der Waals surface area contributed by atoms with E-state index in [-0.39, 0.29) is 0 Å². The van der Waals surface area contributed by atoms with Gasteiger partial charge in [-0.3, -0.25) is 0 Å². The molecule has 1 aromatic carbocycles. The van der Waals surface area contributed by atoms with E-state index in [1.54, 1.807) is 0 Å². The molecule has 0 aliphatic rings. The Labute approximate surface area is 109 Å². The number of fused-ring (bicyclic) bond motifs is 1. The van der Waals surface area contributed by atoms with Crippen LogP contribution in [0.1, 0.15) is 0 Å². The topological polar surface area (TPSA) is 92.9 Å². The average molecular weight is 266 g/mol. The number of nitrogens with zero attached hydrogens (tertiary/aromatic N) is 2. The van der Waals surface area contributed by atoms with Crippen LogP contribution < -0.4 is 16.4 Å². The van der Waals surface area contributed by atoms with E-state index in [0.717, 1.165) is 10.8 Å². The molecule has 0 bridgehead atoms. The third-order valence-corrected chi connectivity index (χ3v) is 2.64. The maximum atomic E-state index is 10.5. The molecule has 18 heavy (non-hydrogen) atoms. The molecule has 4 N–H and O–H groups in total. The number of amides is 2. The molecule has 0 aliphatic carbocycles. The minimum Gasteiger partial charge on any atom is -0.366 e. The summed E-state index contributed by atoms with van der Waals surface area (Å²) in [6, 6.07) is 7.00. The molecule has 0 saturated carbocycles. The third kappa shape index (κ3) is 2.78. The molecular weight excluding hydrogens is 254 g/mol. The molecule has 0 fully saturated rings. The molecule has 0 aliphatic heterocycles. The van der Waals surface area contributed by atoms with Crippen molar-refractivity contribution in [3.05, 3.63) is 29.4 Å². The Morgan fingerprint density at radius 1 is 1.22 bits per heavy atom. The summed E-state index contributed by atoms with van der Waals surface area (Å²) in [5.74, 6) is 0.626. The van der Waals surface area contributed by atoms with Gasteiger partial charge in [0.2, 0.25) is 0 Å². The van der Waals surface area contributed by atoms with Gasteiger partial charge in [-0.15, -0.1) is 10.2 Å². The number of nitrogens with one attached hydrogen (secondary N) is 2. The molecule has 2 amide bonds. The molecule has 0 radical (unpaired) electrons. The van der Waals surface area contributed by atoms with Gasteiger partial charge in [0.05, 0.1) is 0 Å². The van der Waals surface area contributed by atoms with Crippen LogP contribution in [0.4, 0.5) is 10.6 Å². The van der Waals surface area contributed by atoms with E-state index in [9.17, 15) is 4.79 Å². The number of benzene rings is 1. The van der Waals surface area contributed by atoms with E-state index < -0.39 is 6.03 Å². The maximum absolute atomic E-state index is 10.5. The number of hydrogen-bond donors (Lipinski definition) is 3. The van der Waals surface area contributed by atoms with E-state index in [1.807, 2.05) is 24.3 Å².